The lowest BCUT2D eigenvalue weighted by Gasteiger charge is -2.14. The van der Waals surface area contributed by atoms with Gasteiger partial charge in [-0.1, -0.05) is 51.6 Å². The van der Waals surface area contributed by atoms with Crippen molar-refractivity contribution < 1.29 is 35.2 Å². The predicted molar refractivity (Wildman–Crippen MR) is 107 cm³/mol. The van der Waals surface area contributed by atoms with E-state index in [-0.39, 0.29) is 15.8 Å². The van der Waals surface area contributed by atoms with Crippen molar-refractivity contribution in [3.63, 3.8) is 0 Å². The normalized spacial score (nSPS) is 12.2. The van der Waals surface area contributed by atoms with Crippen LogP contribution in [0.4, 0.5) is 22.0 Å². The molecule has 1 aromatic heterocycles. The van der Waals surface area contributed by atoms with E-state index in [0.717, 1.165) is 12.1 Å². The third kappa shape index (κ3) is 5.01. The van der Waals surface area contributed by atoms with Crippen LogP contribution in [0.15, 0.2) is 29.2 Å². The Morgan fingerprint density at radius 2 is 1.52 bits per heavy atom. The van der Waals surface area contributed by atoms with Crippen molar-refractivity contribution in [1.29, 1.82) is 0 Å². The lowest BCUT2D eigenvalue weighted by atomic mass is 10.2. The largest absolute Gasteiger partial charge is 0.435 e. The Kier molecular flexibility index (Phi) is 6.84. The van der Waals surface area contributed by atoms with Gasteiger partial charge in [-0.05, 0) is 18.2 Å². The van der Waals surface area contributed by atoms with Crippen LogP contribution in [-0.4, -0.2) is 29.3 Å². The van der Waals surface area contributed by atoms with Crippen molar-refractivity contribution in [3.05, 3.63) is 67.4 Å². The third-order valence-corrected chi connectivity index (χ3v) is 6.27. The van der Waals surface area contributed by atoms with Gasteiger partial charge in [-0.15, -0.1) is 5.10 Å². The molecule has 0 aliphatic heterocycles. The van der Waals surface area contributed by atoms with Crippen LogP contribution in [0.3, 0.4) is 0 Å². The van der Waals surface area contributed by atoms with E-state index in [9.17, 15) is 35.2 Å². The summed E-state index contributed by atoms with van der Waals surface area (Å²) in [5, 5.41) is 4.65. The Labute approximate surface area is 201 Å². The number of benzene rings is 2. The number of rotatable bonds is 4. The van der Waals surface area contributed by atoms with Crippen LogP contribution < -0.4 is 4.72 Å². The first-order chi connectivity index (χ1) is 15.1. The molecular weight excluding hydrogens is 565 g/mol. The lowest BCUT2D eigenvalue weighted by Crippen LogP contribution is -2.33. The van der Waals surface area contributed by atoms with Gasteiger partial charge in [-0.25, -0.2) is 26.6 Å². The smallest absolute Gasteiger partial charge is 0.266 e. The summed E-state index contributed by atoms with van der Waals surface area (Å²) in [5.74, 6) is -4.90. The minimum absolute atomic E-state index is 0.0218. The first-order valence-electron chi connectivity index (χ1n) is 8.03. The SMILES string of the molecule is O=C(NS(=O)(=O)c1cc(Cl)c(F)cc1F)c1nnn(-c2c(Cl)cc(Cl)cc2Cl)c1C(F)(F)F. The maximum atomic E-state index is 13.9. The minimum atomic E-state index is -5.32. The van der Waals surface area contributed by atoms with Crippen LogP contribution in [0, 0.1) is 11.6 Å². The molecule has 0 aliphatic rings. The minimum Gasteiger partial charge on any atom is -0.266 e. The van der Waals surface area contributed by atoms with Crippen molar-refractivity contribution >= 4 is 62.3 Å². The molecule has 0 radical (unpaired) electrons. The molecule has 0 fully saturated rings. The molecule has 7 nitrogen and oxygen atoms in total. The molecule has 0 saturated heterocycles. The summed E-state index contributed by atoms with van der Waals surface area (Å²) in [6.07, 6.45) is -5.32. The number of nitrogens with one attached hydrogen (secondary N) is 1. The Bertz CT molecular complexity index is 1370. The van der Waals surface area contributed by atoms with Gasteiger partial charge in [0.15, 0.2) is 11.4 Å². The molecule has 2 aromatic carbocycles. The van der Waals surface area contributed by atoms with Gasteiger partial charge in [0, 0.05) is 11.1 Å². The molecule has 17 heteroatoms. The second-order valence-corrected chi connectivity index (χ2v) is 9.35. The van der Waals surface area contributed by atoms with Gasteiger partial charge in [-0.3, -0.25) is 4.79 Å². The highest BCUT2D eigenvalue weighted by molar-refractivity contribution is 7.90. The molecule has 3 aromatic rings. The molecule has 0 spiro atoms. The van der Waals surface area contributed by atoms with E-state index < -0.39 is 70.8 Å². The summed E-state index contributed by atoms with van der Waals surface area (Å²) in [5.41, 5.74) is -3.92. The maximum Gasteiger partial charge on any atom is 0.435 e. The Morgan fingerprint density at radius 3 is 2.06 bits per heavy atom. The average molecular weight is 570 g/mol. The Morgan fingerprint density at radius 1 is 0.939 bits per heavy atom. The summed E-state index contributed by atoms with van der Waals surface area (Å²) in [6.45, 7) is 0. The summed E-state index contributed by atoms with van der Waals surface area (Å²) in [7, 11) is -5.16. The predicted octanol–water partition coefficient (Wildman–Crippen LogP) is 5.30. The number of alkyl halides is 3. The van der Waals surface area contributed by atoms with Gasteiger partial charge in [0.2, 0.25) is 0 Å². The number of sulfonamides is 1. The average Bonchev–Trinajstić information content (AvgIpc) is 3.08. The zero-order valence-corrected chi connectivity index (χ0v) is 19.0. The highest BCUT2D eigenvalue weighted by atomic mass is 35.5. The lowest BCUT2D eigenvalue weighted by molar-refractivity contribution is -0.143. The van der Waals surface area contributed by atoms with E-state index >= 15 is 0 Å². The fraction of sp³-hybridized carbons (Fsp3) is 0.0625. The van der Waals surface area contributed by atoms with Crippen LogP contribution in [0.2, 0.25) is 20.1 Å². The van der Waals surface area contributed by atoms with E-state index in [2.05, 4.69) is 10.3 Å². The number of halogens is 9. The number of aromatic nitrogens is 3. The number of amides is 1. The molecular formula is C16H5Cl4F5N4O3S. The summed E-state index contributed by atoms with van der Waals surface area (Å²) in [6, 6.07) is 2.52. The Hall–Kier alpha value is -2.19. The van der Waals surface area contributed by atoms with Crippen molar-refractivity contribution in [2.24, 2.45) is 0 Å². The Balaban J connectivity index is 2.11. The summed E-state index contributed by atoms with van der Waals surface area (Å²) < 4.78 is 94.5. The van der Waals surface area contributed by atoms with Crippen molar-refractivity contribution in [2.45, 2.75) is 11.1 Å². The van der Waals surface area contributed by atoms with Crippen molar-refractivity contribution in [3.8, 4) is 5.69 Å². The second kappa shape index (κ2) is 8.87. The van der Waals surface area contributed by atoms with Gasteiger partial charge in [0.1, 0.15) is 22.2 Å². The summed E-state index contributed by atoms with van der Waals surface area (Å²) in [4.78, 5) is 11.1. The molecule has 1 heterocycles. The molecule has 3 rings (SSSR count). The number of hydrogen-bond donors (Lipinski definition) is 1. The first-order valence-corrected chi connectivity index (χ1v) is 11.0. The topological polar surface area (TPSA) is 93.9 Å². The molecule has 0 bridgehead atoms. The zero-order chi connectivity index (χ0) is 24.9. The highest BCUT2D eigenvalue weighted by Gasteiger charge is 2.43. The van der Waals surface area contributed by atoms with Gasteiger partial charge < -0.3 is 0 Å². The van der Waals surface area contributed by atoms with Crippen LogP contribution in [-0.2, 0) is 16.2 Å². The van der Waals surface area contributed by atoms with Crippen LogP contribution in [0.1, 0.15) is 16.2 Å². The number of carbonyl (C=O) groups excluding carboxylic acids is 1. The zero-order valence-electron chi connectivity index (χ0n) is 15.2. The third-order valence-electron chi connectivity index (χ3n) is 3.84. The fourth-order valence-electron chi connectivity index (χ4n) is 2.52. The van der Waals surface area contributed by atoms with E-state index in [1.165, 1.54) is 4.72 Å². The number of nitrogens with zero attached hydrogens (tertiary/aromatic N) is 3. The fourth-order valence-corrected chi connectivity index (χ4v) is 4.76. The molecule has 176 valence electrons. The standard InChI is InChI=1S/C16H5Cl4F5N4O3S/c17-5-1-7(19)13(8(20)2-5)29-14(16(23,24)25)12(26-28-29)15(30)27-33(31,32)11-3-6(18)9(21)4-10(11)22/h1-4H,(H,27,30). The van der Waals surface area contributed by atoms with E-state index in [4.69, 9.17) is 46.4 Å². The highest BCUT2D eigenvalue weighted by Crippen LogP contribution is 2.38. The molecule has 33 heavy (non-hydrogen) atoms. The maximum absolute atomic E-state index is 13.9. The van der Waals surface area contributed by atoms with Crippen molar-refractivity contribution in [2.75, 3.05) is 0 Å². The van der Waals surface area contributed by atoms with Crippen LogP contribution in [0.25, 0.3) is 5.69 Å². The molecule has 0 unspecified atom stereocenters. The van der Waals surface area contributed by atoms with E-state index in [0.29, 0.717) is 6.07 Å². The number of hydrogen-bond acceptors (Lipinski definition) is 5. The van der Waals surface area contributed by atoms with Gasteiger partial charge in [-0.2, -0.15) is 13.2 Å². The quantitative estimate of drug-likeness (QED) is 0.340. The van der Waals surface area contributed by atoms with E-state index in [1.807, 2.05) is 0 Å². The van der Waals surface area contributed by atoms with E-state index in [1.54, 1.807) is 0 Å². The first kappa shape index (κ1) is 25.4. The second-order valence-electron chi connectivity index (χ2n) is 6.05. The molecule has 0 aliphatic carbocycles. The van der Waals surface area contributed by atoms with Gasteiger partial charge >= 0.3 is 6.18 Å². The number of carbonyl (C=O) groups is 1. The van der Waals surface area contributed by atoms with Crippen molar-refractivity contribution in [1.82, 2.24) is 19.7 Å². The molecule has 0 saturated carbocycles. The monoisotopic (exact) mass is 568 g/mol. The molecule has 0 atom stereocenters. The van der Waals surface area contributed by atoms with Gasteiger partial charge in [0.05, 0.1) is 15.1 Å². The van der Waals surface area contributed by atoms with Crippen LogP contribution >= 0.6 is 46.4 Å². The van der Waals surface area contributed by atoms with Gasteiger partial charge in [0.25, 0.3) is 15.9 Å². The summed E-state index contributed by atoms with van der Waals surface area (Å²) >= 11 is 23.0. The molecule has 1 N–H and O–H groups in total. The molecule has 1 amide bonds. The van der Waals surface area contributed by atoms with Crippen LogP contribution in [0.5, 0.6) is 0 Å².